The fourth-order valence-corrected chi connectivity index (χ4v) is 2.93. The lowest BCUT2D eigenvalue weighted by Crippen LogP contribution is -2.37. The number of hydrogen-bond acceptors (Lipinski definition) is 2. The molecular formula is C18H28N4. The van der Waals surface area contributed by atoms with Crippen LogP contribution in [-0.4, -0.2) is 37.5 Å². The Morgan fingerprint density at radius 3 is 2.41 bits per heavy atom. The molecule has 3 rings (SSSR count). The number of guanidine groups is 1. The van der Waals surface area contributed by atoms with Gasteiger partial charge in [-0.2, -0.15) is 0 Å². The first kappa shape index (κ1) is 15.3. The van der Waals surface area contributed by atoms with Crippen LogP contribution in [0.25, 0.3) is 0 Å². The smallest absolute Gasteiger partial charge is 0.191 e. The number of rotatable bonds is 6. The summed E-state index contributed by atoms with van der Waals surface area (Å²) < 4.78 is 0. The predicted octanol–water partition coefficient (Wildman–Crippen LogP) is 2.36. The lowest BCUT2D eigenvalue weighted by molar-refractivity contribution is 0.331. The monoisotopic (exact) mass is 300 g/mol. The Morgan fingerprint density at radius 1 is 1.09 bits per heavy atom. The second-order valence-electron chi connectivity index (χ2n) is 6.55. The van der Waals surface area contributed by atoms with Gasteiger partial charge in [0.05, 0.1) is 0 Å². The minimum atomic E-state index is 0.828. The highest BCUT2D eigenvalue weighted by atomic mass is 15.2. The Labute approximate surface area is 134 Å². The Hall–Kier alpha value is -1.55. The fourth-order valence-electron chi connectivity index (χ4n) is 2.93. The highest BCUT2D eigenvalue weighted by molar-refractivity contribution is 5.79. The molecule has 0 aromatic heterocycles. The normalized spacial score (nSPS) is 19.4. The Balaban J connectivity index is 1.43. The van der Waals surface area contributed by atoms with Crippen molar-refractivity contribution in [3.8, 4) is 0 Å². The summed E-state index contributed by atoms with van der Waals surface area (Å²) in [5, 5.41) is 6.78. The van der Waals surface area contributed by atoms with Crippen LogP contribution in [0.15, 0.2) is 29.3 Å². The van der Waals surface area contributed by atoms with Crippen LogP contribution < -0.4 is 10.6 Å². The predicted molar refractivity (Wildman–Crippen MR) is 91.9 cm³/mol. The topological polar surface area (TPSA) is 39.7 Å². The van der Waals surface area contributed by atoms with Gasteiger partial charge >= 0.3 is 0 Å². The van der Waals surface area contributed by atoms with E-state index in [0.717, 1.165) is 31.5 Å². The van der Waals surface area contributed by atoms with Crippen LogP contribution in [-0.2, 0) is 13.1 Å². The van der Waals surface area contributed by atoms with Crippen molar-refractivity contribution in [1.82, 2.24) is 15.5 Å². The molecule has 0 bridgehead atoms. The van der Waals surface area contributed by atoms with Crippen molar-refractivity contribution in [2.45, 2.75) is 38.8 Å². The van der Waals surface area contributed by atoms with E-state index >= 15 is 0 Å². The third-order valence-electron chi connectivity index (χ3n) is 4.57. The first-order valence-corrected chi connectivity index (χ1v) is 8.58. The second kappa shape index (κ2) is 7.63. The molecule has 4 nitrogen and oxygen atoms in total. The zero-order valence-electron chi connectivity index (χ0n) is 13.6. The zero-order valence-corrected chi connectivity index (χ0v) is 13.6. The molecular weight excluding hydrogens is 272 g/mol. The van der Waals surface area contributed by atoms with Gasteiger partial charge in [-0.3, -0.25) is 9.89 Å². The van der Waals surface area contributed by atoms with Crippen LogP contribution in [0.3, 0.4) is 0 Å². The molecule has 1 aliphatic carbocycles. The standard InChI is InChI=1S/C18H28N4/c1-19-18(20-12-15-4-5-15)21-13-16-6-8-17(9-7-16)14-22-10-2-3-11-22/h6-9,15H,2-5,10-14H2,1H3,(H2,19,20,21). The van der Waals surface area contributed by atoms with Crippen molar-refractivity contribution < 1.29 is 0 Å². The molecule has 0 spiro atoms. The van der Waals surface area contributed by atoms with Crippen molar-refractivity contribution in [1.29, 1.82) is 0 Å². The van der Waals surface area contributed by atoms with Gasteiger partial charge in [0.1, 0.15) is 0 Å². The summed E-state index contributed by atoms with van der Waals surface area (Å²) in [7, 11) is 1.83. The summed E-state index contributed by atoms with van der Waals surface area (Å²) in [5.74, 6) is 1.77. The molecule has 0 atom stereocenters. The van der Waals surface area contributed by atoms with E-state index < -0.39 is 0 Å². The average Bonchev–Trinajstić information content (AvgIpc) is 3.24. The number of nitrogens with zero attached hydrogens (tertiary/aromatic N) is 2. The van der Waals surface area contributed by atoms with Gasteiger partial charge in [0.15, 0.2) is 5.96 Å². The SMILES string of the molecule is CN=C(NCc1ccc(CN2CCCC2)cc1)NCC1CC1. The summed E-state index contributed by atoms with van der Waals surface area (Å²) in [6, 6.07) is 8.98. The van der Waals surface area contributed by atoms with E-state index in [1.807, 2.05) is 7.05 Å². The van der Waals surface area contributed by atoms with Gasteiger partial charge in [0, 0.05) is 26.7 Å². The van der Waals surface area contributed by atoms with E-state index in [1.165, 1.54) is 49.9 Å². The second-order valence-corrected chi connectivity index (χ2v) is 6.55. The number of aliphatic imine (C=N–C) groups is 1. The van der Waals surface area contributed by atoms with Crippen LogP contribution in [0.2, 0.25) is 0 Å². The molecule has 1 aromatic rings. The molecule has 0 unspecified atom stereocenters. The molecule has 4 heteroatoms. The summed E-state index contributed by atoms with van der Waals surface area (Å²) >= 11 is 0. The molecule has 1 heterocycles. The fraction of sp³-hybridized carbons (Fsp3) is 0.611. The molecule has 1 saturated carbocycles. The molecule has 2 aliphatic rings. The van der Waals surface area contributed by atoms with Crippen molar-refractivity contribution in [2.24, 2.45) is 10.9 Å². The summed E-state index contributed by atoms with van der Waals surface area (Å²) in [4.78, 5) is 6.82. The van der Waals surface area contributed by atoms with Crippen LogP contribution in [0.1, 0.15) is 36.8 Å². The zero-order chi connectivity index (χ0) is 15.2. The van der Waals surface area contributed by atoms with Crippen LogP contribution >= 0.6 is 0 Å². The number of benzene rings is 1. The Morgan fingerprint density at radius 2 is 1.77 bits per heavy atom. The van der Waals surface area contributed by atoms with E-state index in [9.17, 15) is 0 Å². The van der Waals surface area contributed by atoms with Gasteiger partial charge in [0.25, 0.3) is 0 Å². The quantitative estimate of drug-likeness (QED) is 0.626. The van der Waals surface area contributed by atoms with E-state index in [-0.39, 0.29) is 0 Å². The van der Waals surface area contributed by atoms with Crippen molar-refractivity contribution in [3.05, 3.63) is 35.4 Å². The Kier molecular flexibility index (Phi) is 5.33. The molecule has 2 N–H and O–H groups in total. The van der Waals surface area contributed by atoms with E-state index in [0.29, 0.717) is 0 Å². The average molecular weight is 300 g/mol. The molecule has 1 aromatic carbocycles. The Bertz CT molecular complexity index is 484. The maximum Gasteiger partial charge on any atom is 0.191 e. The van der Waals surface area contributed by atoms with Crippen molar-refractivity contribution >= 4 is 5.96 Å². The van der Waals surface area contributed by atoms with Gasteiger partial charge < -0.3 is 10.6 Å². The summed E-state index contributed by atoms with van der Waals surface area (Å²) in [6.07, 6.45) is 5.44. The number of likely N-dealkylation sites (tertiary alicyclic amines) is 1. The summed E-state index contributed by atoms with van der Waals surface area (Å²) in [5.41, 5.74) is 2.72. The molecule has 22 heavy (non-hydrogen) atoms. The first-order valence-electron chi connectivity index (χ1n) is 8.58. The largest absolute Gasteiger partial charge is 0.356 e. The molecule has 120 valence electrons. The lowest BCUT2D eigenvalue weighted by Gasteiger charge is -2.15. The number of hydrogen-bond donors (Lipinski definition) is 2. The van der Waals surface area contributed by atoms with Gasteiger partial charge in [-0.15, -0.1) is 0 Å². The number of nitrogens with one attached hydrogen (secondary N) is 2. The van der Waals surface area contributed by atoms with Gasteiger partial charge in [-0.25, -0.2) is 0 Å². The van der Waals surface area contributed by atoms with Gasteiger partial charge in [0.2, 0.25) is 0 Å². The highest BCUT2D eigenvalue weighted by Gasteiger charge is 2.21. The molecule has 0 amide bonds. The molecule has 0 radical (unpaired) electrons. The molecule has 1 aliphatic heterocycles. The maximum atomic E-state index is 4.28. The van der Waals surface area contributed by atoms with Crippen LogP contribution in [0.4, 0.5) is 0 Å². The third-order valence-corrected chi connectivity index (χ3v) is 4.57. The molecule has 2 fully saturated rings. The summed E-state index contributed by atoms with van der Waals surface area (Å²) in [6.45, 7) is 5.49. The minimum absolute atomic E-state index is 0.828. The van der Waals surface area contributed by atoms with Crippen molar-refractivity contribution in [3.63, 3.8) is 0 Å². The van der Waals surface area contributed by atoms with Crippen LogP contribution in [0.5, 0.6) is 0 Å². The third kappa shape index (κ3) is 4.73. The highest BCUT2D eigenvalue weighted by Crippen LogP contribution is 2.27. The van der Waals surface area contributed by atoms with E-state index in [2.05, 4.69) is 44.8 Å². The lowest BCUT2D eigenvalue weighted by atomic mass is 10.1. The molecule has 1 saturated heterocycles. The van der Waals surface area contributed by atoms with E-state index in [4.69, 9.17) is 0 Å². The first-order chi connectivity index (χ1) is 10.8. The minimum Gasteiger partial charge on any atom is -0.356 e. The van der Waals surface area contributed by atoms with Crippen LogP contribution in [0, 0.1) is 5.92 Å². The van der Waals surface area contributed by atoms with Gasteiger partial charge in [-0.05, 0) is 55.8 Å². The maximum absolute atomic E-state index is 4.28. The van der Waals surface area contributed by atoms with Gasteiger partial charge in [-0.1, -0.05) is 24.3 Å². The van der Waals surface area contributed by atoms with E-state index in [1.54, 1.807) is 0 Å². The van der Waals surface area contributed by atoms with Crippen molar-refractivity contribution in [2.75, 3.05) is 26.7 Å².